The molecule has 0 saturated heterocycles. The first-order valence-corrected chi connectivity index (χ1v) is 6.15. The lowest BCUT2D eigenvalue weighted by Gasteiger charge is -2.13. The summed E-state index contributed by atoms with van der Waals surface area (Å²) in [6.45, 7) is 7.26. The van der Waals surface area contributed by atoms with E-state index in [9.17, 15) is 0 Å². The minimum Gasteiger partial charge on any atom is -0.493 e. The lowest BCUT2D eigenvalue weighted by Crippen LogP contribution is -2.09. The summed E-state index contributed by atoms with van der Waals surface area (Å²) >= 11 is 0. The topological polar surface area (TPSA) is 35.2 Å². The number of nitrogens with two attached hydrogens (primary N) is 1. The van der Waals surface area contributed by atoms with Gasteiger partial charge in [0, 0.05) is 6.04 Å². The van der Waals surface area contributed by atoms with Gasteiger partial charge in [0.15, 0.2) is 0 Å². The molecule has 2 atom stereocenters. The summed E-state index contributed by atoms with van der Waals surface area (Å²) in [4.78, 5) is 0. The highest BCUT2D eigenvalue weighted by molar-refractivity contribution is 5.28. The number of hydrogen-bond acceptors (Lipinski definition) is 2. The molecule has 0 fully saturated rings. The van der Waals surface area contributed by atoms with E-state index in [1.165, 1.54) is 5.56 Å². The van der Waals surface area contributed by atoms with Gasteiger partial charge in [-0.25, -0.2) is 0 Å². The molecule has 0 spiro atoms. The Morgan fingerprint density at radius 2 is 1.75 bits per heavy atom. The van der Waals surface area contributed by atoms with Crippen LogP contribution in [0.2, 0.25) is 0 Å². The van der Waals surface area contributed by atoms with Gasteiger partial charge in [-0.05, 0) is 30.0 Å². The van der Waals surface area contributed by atoms with Crippen LogP contribution >= 0.6 is 0 Å². The maximum atomic E-state index is 5.95. The highest BCUT2D eigenvalue weighted by Gasteiger charge is 2.04. The van der Waals surface area contributed by atoms with Gasteiger partial charge in [-0.15, -0.1) is 0 Å². The van der Waals surface area contributed by atoms with E-state index < -0.39 is 0 Å². The fourth-order valence-corrected chi connectivity index (χ4v) is 1.40. The zero-order valence-electron chi connectivity index (χ0n) is 10.6. The standard InChI is InChI=1S/C14H23NO/c1-4-11(3)10-16-13-8-6-12(7-9-13)14(15)5-2/h6-9,11,14H,4-5,10,15H2,1-3H3/t11?,14-/m0/s1. The number of rotatable bonds is 6. The predicted octanol–water partition coefficient (Wildman–Crippen LogP) is 3.52. The van der Waals surface area contributed by atoms with Gasteiger partial charge in [0.25, 0.3) is 0 Å². The molecule has 0 saturated carbocycles. The van der Waals surface area contributed by atoms with Crippen LogP contribution in [0.25, 0.3) is 0 Å². The van der Waals surface area contributed by atoms with Crippen molar-refractivity contribution in [1.29, 1.82) is 0 Å². The summed E-state index contributed by atoms with van der Waals surface area (Å²) in [5.74, 6) is 1.55. The van der Waals surface area contributed by atoms with Crippen molar-refractivity contribution in [3.05, 3.63) is 29.8 Å². The Morgan fingerprint density at radius 1 is 1.12 bits per heavy atom. The molecule has 90 valence electrons. The van der Waals surface area contributed by atoms with Crippen LogP contribution in [0, 0.1) is 5.92 Å². The quantitative estimate of drug-likeness (QED) is 0.797. The average molecular weight is 221 g/mol. The van der Waals surface area contributed by atoms with E-state index >= 15 is 0 Å². The average Bonchev–Trinajstić information content (AvgIpc) is 2.35. The molecular formula is C14H23NO. The third kappa shape index (κ3) is 3.86. The van der Waals surface area contributed by atoms with E-state index in [-0.39, 0.29) is 6.04 Å². The van der Waals surface area contributed by atoms with Crippen molar-refractivity contribution < 1.29 is 4.74 Å². The van der Waals surface area contributed by atoms with Crippen LogP contribution in [0.4, 0.5) is 0 Å². The van der Waals surface area contributed by atoms with E-state index in [0.717, 1.165) is 25.2 Å². The molecule has 0 aliphatic rings. The molecule has 0 heterocycles. The molecule has 0 bridgehead atoms. The third-order valence-electron chi connectivity index (χ3n) is 2.98. The Balaban J connectivity index is 2.51. The lowest BCUT2D eigenvalue weighted by atomic mass is 10.1. The molecule has 0 aromatic heterocycles. The fraction of sp³-hybridized carbons (Fsp3) is 0.571. The van der Waals surface area contributed by atoms with Crippen LogP contribution in [0.1, 0.15) is 45.2 Å². The van der Waals surface area contributed by atoms with Crippen molar-refractivity contribution >= 4 is 0 Å². The Morgan fingerprint density at radius 3 is 2.25 bits per heavy atom. The van der Waals surface area contributed by atoms with Crippen LogP contribution in [0.5, 0.6) is 5.75 Å². The second-order valence-corrected chi connectivity index (χ2v) is 4.41. The predicted molar refractivity (Wildman–Crippen MR) is 68.6 cm³/mol. The molecule has 2 heteroatoms. The zero-order valence-corrected chi connectivity index (χ0v) is 10.6. The Hall–Kier alpha value is -1.02. The Bertz CT molecular complexity index is 294. The SMILES string of the molecule is CCC(C)COc1ccc([C@@H](N)CC)cc1. The van der Waals surface area contributed by atoms with Gasteiger partial charge in [-0.1, -0.05) is 39.3 Å². The smallest absolute Gasteiger partial charge is 0.119 e. The van der Waals surface area contributed by atoms with Crippen LogP contribution < -0.4 is 10.5 Å². The minimum absolute atomic E-state index is 0.142. The van der Waals surface area contributed by atoms with Crippen LogP contribution in [0.15, 0.2) is 24.3 Å². The van der Waals surface area contributed by atoms with Crippen molar-refractivity contribution in [3.63, 3.8) is 0 Å². The molecular weight excluding hydrogens is 198 g/mol. The first-order chi connectivity index (χ1) is 7.67. The van der Waals surface area contributed by atoms with E-state index in [1.807, 2.05) is 12.1 Å². The van der Waals surface area contributed by atoms with Crippen molar-refractivity contribution in [1.82, 2.24) is 0 Å². The minimum atomic E-state index is 0.142. The number of ether oxygens (including phenoxy) is 1. The van der Waals surface area contributed by atoms with E-state index in [4.69, 9.17) is 10.5 Å². The summed E-state index contributed by atoms with van der Waals surface area (Å²) < 4.78 is 5.69. The van der Waals surface area contributed by atoms with Gasteiger partial charge in [0.1, 0.15) is 5.75 Å². The van der Waals surface area contributed by atoms with Crippen molar-refractivity contribution in [3.8, 4) is 5.75 Å². The maximum Gasteiger partial charge on any atom is 0.119 e. The summed E-state index contributed by atoms with van der Waals surface area (Å²) in [5.41, 5.74) is 7.13. The van der Waals surface area contributed by atoms with Gasteiger partial charge < -0.3 is 10.5 Å². The van der Waals surface area contributed by atoms with Crippen molar-refractivity contribution in [2.24, 2.45) is 11.7 Å². The van der Waals surface area contributed by atoms with Crippen LogP contribution in [0.3, 0.4) is 0 Å². The normalized spacial score (nSPS) is 14.5. The Kier molecular flexibility index (Phi) is 5.33. The summed E-state index contributed by atoms with van der Waals surface area (Å²) in [6.07, 6.45) is 2.12. The fourth-order valence-electron chi connectivity index (χ4n) is 1.40. The monoisotopic (exact) mass is 221 g/mol. The molecule has 16 heavy (non-hydrogen) atoms. The summed E-state index contributed by atoms with van der Waals surface area (Å²) in [6, 6.07) is 8.27. The molecule has 0 amide bonds. The van der Waals surface area contributed by atoms with Gasteiger partial charge in [-0.3, -0.25) is 0 Å². The molecule has 0 aliphatic carbocycles. The van der Waals surface area contributed by atoms with E-state index in [0.29, 0.717) is 5.92 Å². The Labute approximate surface area is 98.8 Å². The maximum absolute atomic E-state index is 5.95. The first-order valence-electron chi connectivity index (χ1n) is 6.15. The number of hydrogen-bond donors (Lipinski definition) is 1. The molecule has 1 aromatic rings. The summed E-state index contributed by atoms with van der Waals surface area (Å²) in [5, 5.41) is 0. The highest BCUT2D eigenvalue weighted by Crippen LogP contribution is 2.18. The second kappa shape index (κ2) is 6.54. The lowest BCUT2D eigenvalue weighted by molar-refractivity contribution is 0.256. The van der Waals surface area contributed by atoms with Crippen molar-refractivity contribution in [2.75, 3.05) is 6.61 Å². The first kappa shape index (κ1) is 13.0. The molecule has 1 aromatic carbocycles. The second-order valence-electron chi connectivity index (χ2n) is 4.41. The van der Waals surface area contributed by atoms with Gasteiger partial charge in [-0.2, -0.15) is 0 Å². The molecule has 0 radical (unpaired) electrons. The number of benzene rings is 1. The third-order valence-corrected chi connectivity index (χ3v) is 2.98. The zero-order chi connectivity index (χ0) is 12.0. The van der Waals surface area contributed by atoms with E-state index in [1.54, 1.807) is 0 Å². The largest absolute Gasteiger partial charge is 0.493 e. The van der Waals surface area contributed by atoms with Gasteiger partial charge in [0.2, 0.25) is 0 Å². The molecule has 2 nitrogen and oxygen atoms in total. The molecule has 1 rings (SSSR count). The van der Waals surface area contributed by atoms with Crippen molar-refractivity contribution in [2.45, 2.75) is 39.7 Å². The van der Waals surface area contributed by atoms with Crippen LogP contribution in [-0.2, 0) is 0 Å². The highest BCUT2D eigenvalue weighted by atomic mass is 16.5. The summed E-state index contributed by atoms with van der Waals surface area (Å²) in [7, 11) is 0. The van der Waals surface area contributed by atoms with Crippen LogP contribution in [-0.4, -0.2) is 6.61 Å². The molecule has 1 unspecified atom stereocenters. The van der Waals surface area contributed by atoms with E-state index in [2.05, 4.69) is 32.9 Å². The van der Waals surface area contributed by atoms with Gasteiger partial charge in [0.05, 0.1) is 6.61 Å². The molecule has 0 aliphatic heterocycles. The van der Waals surface area contributed by atoms with Gasteiger partial charge >= 0.3 is 0 Å². The molecule has 2 N–H and O–H groups in total.